The smallest absolute Gasteiger partial charge is 0.356 e. The highest BCUT2D eigenvalue weighted by atomic mass is 16.5. The largest absolute Gasteiger partial charge is 0.461 e. The predicted octanol–water partition coefficient (Wildman–Crippen LogP) is 2.03. The third kappa shape index (κ3) is 2.03. The van der Waals surface area contributed by atoms with Crippen molar-refractivity contribution in [3.63, 3.8) is 0 Å². The van der Waals surface area contributed by atoms with Crippen molar-refractivity contribution in [1.29, 1.82) is 0 Å². The van der Waals surface area contributed by atoms with Gasteiger partial charge >= 0.3 is 5.97 Å². The highest BCUT2D eigenvalue weighted by molar-refractivity contribution is 5.89. The fraction of sp³-hybridized carbons (Fsp3) is 0.636. The Hall–Kier alpha value is -1.32. The Bertz CT molecular complexity index is 367. The Morgan fingerprint density at radius 3 is 2.80 bits per heavy atom. The first-order chi connectivity index (χ1) is 7.26. The Morgan fingerprint density at radius 1 is 1.53 bits per heavy atom. The van der Waals surface area contributed by atoms with Gasteiger partial charge < -0.3 is 9.72 Å². The number of esters is 1. The SMILES string of the molecule is CCOC(=O)c1[nH]c(CC)nc1C1CC1. The summed E-state index contributed by atoms with van der Waals surface area (Å²) in [7, 11) is 0. The van der Waals surface area contributed by atoms with E-state index < -0.39 is 0 Å². The monoisotopic (exact) mass is 208 g/mol. The van der Waals surface area contributed by atoms with Gasteiger partial charge in [-0.2, -0.15) is 0 Å². The molecule has 1 aliphatic carbocycles. The molecule has 0 radical (unpaired) electrons. The highest BCUT2D eigenvalue weighted by Crippen LogP contribution is 2.40. The van der Waals surface area contributed by atoms with Crippen LogP contribution in [-0.2, 0) is 11.2 Å². The molecule has 4 heteroatoms. The highest BCUT2D eigenvalue weighted by Gasteiger charge is 2.32. The quantitative estimate of drug-likeness (QED) is 0.770. The lowest BCUT2D eigenvalue weighted by Gasteiger charge is -2.00. The number of hydrogen-bond acceptors (Lipinski definition) is 3. The van der Waals surface area contributed by atoms with Crippen molar-refractivity contribution in [2.75, 3.05) is 6.61 Å². The lowest BCUT2D eigenvalue weighted by atomic mass is 10.2. The number of nitrogens with one attached hydrogen (secondary N) is 1. The van der Waals surface area contributed by atoms with Crippen molar-refractivity contribution in [3.05, 3.63) is 17.2 Å². The molecule has 0 unspecified atom stereocenters. The van der Waals surface area contributed by atoms with Gasteiger partial charge in [0.1, 0.15) is 11.5 Å². The first-order valence-corrected chi connectivity index (χ1v) is 5.52. The van der Waals surface area contributed by atoms with E-state index in [-0.39, 0.29) is 5.97 Å². The molecule has 0 aliphatic heterocycles. The molecule has 0 saturated heterocycles. The third-order valence-electron chi connectivity index (χ3n) is 2.56. The van der Waals surface area contributed by atoms with Gasteiger partial charge in [-0.1, -0.05) is 6.92 Å². The maximum Gasteiger partial charge on any atom is 0.356 e. The fourth-order valence-electron chi connectivity index (χ4n) is 1.62. The number of imidazole rings is 1. The van der Waals surface area contributed by atoms with E-state index in [1.165, 1.54) is 0 Å². The number of aromatic amines is 1. The Labute approximate surface area is 89.0 Å². The summed E-state index contributed by atoms with van der Waals surface area (Å²) in [5, 5.41) is 0. The minimum absolute atomic E-state index is 0.272. The summed E-state index contributed by atoms with van der Waals surface area (Å²) >= 11 is 0. The molecule has 0 aromatic carbocycles. The second-order valence-electron chi connectivity index (χ2n) is 3.79. The molecule has 1 N–H and O–H groups in total. The van der Waals surface area contributed by atoms with E-state index in [0.717, 1.165) is 30.8 Å². The Balaban J connectivity index is 2.26. The predicted molar refractivity (Wildman–Crippen MR) is 55.9 cm³/mol. The van der Waals surface area contributed by atoms with Crippen LogP contribution < -0.4 is 0 Å². The van der Waals surface area contributed by atoms with Gasteiger partial charge in [0.05, 0.1) is 12.3 Å². The van der Waals surface area contributed by atoms with Crippen LogP contribution in [0.25, 0.3) is 0 Å². The molecular weight excluding hydrogens is 192 g/mol. The van der Waals surface area contributed by atoms with Crippen molar-refractivity contribution in [3.8, 4) is 0 Å². The molecule has 1 aromatic heterocycles. The number of ether oxygens (including phenoxy) is 1. The number of aromatic nitrogens is 2. The van der Waals surface area contributed by atoms with Gasteiger partial charge in [-0.05, 0) is 19.8 Å². The summed E-state index contributed by atoms with van der Waals surface area (Å²) in [6.45, 7) is 4.24. The maximum atomic E-state index is 11.6. The molecule has 0 spiro atoms. The van der Waals surface area contributed by atoms with E-state index in [1.807, 2.05) is 13.8 Å². The van der Waals surface area contributed by atoms with Crippen molar-refractivity contribution in [1.82, 2.24) is 9.97 Å². The topological polar surface area (TPSA) is 55.0 Å². The molecule has 0 bridgehead atoms. The van der Waals surface area contributed by atoms with Gasteiger partial charge in [0.2, 0.25) is 0 Å². The van der Waals surface area contributed by atoms with Gasteiger partial charge in [0, 0.05) is 12.3 Å². The second kappa shape index (κ2) is 4.04. The number of carbonyl (C=O) groups is 1. The standard InChI is InChI=1S/C11H16N2O2/c1-3-8-12-9(7-5-6-7)10(13-8)11(14)15-4-2/h7H,3-6H2,1-2H3,(H,12,13). The first-order valence-electron chi connectivity index (χ1n) is 5.52. The summed E-state index contributed by atoms with van der Waals surface area (Å²) in [6.07, 6.45) is 3.10. The number of rotatable bonds is 4. The lowest BCUT2D eigenvalue weighted by Crippen LogP contribution is -2.07. The number of nitrogens with zero attached hydrogens (tertiary/aromatic N) is 1. The molecule has 1 aliphatic rings. The summed E-state index contributed by atoms with van der Waals surface area (Å²) in [6, 6.07) is 0. The maximum absolute atomic E-state index is 11.6. The molecule has 15 heavy (non-hydrogen) atoms. The zero-order valence-electron chi connectivity index (χ0n) is 9.17. The van der Waals surface area contributed by atoms with Gasteiger partial charge in [-0.3, -0.25) is 0 Å². The molecule has 1 aromatic rings. The molecule has 2 rings (SSSR count). The summed E-state index contributed by atoms with van der Waals surface area (Å²) in [5.74, 6) is 1.08. The molecule has 1 saturated carbocycles. The number of H-pyrrole nitrogens is 1. The van der Waals surface area contributed by atoms with E-state index >= 15 is 0 Å². The zero-order valence-corrected chi connectivity index (χ0v) is 9.17. The molecule has 0 amide bonds. The molecule has 82 valence electrons. The minimum Gasteiger partial charge on any atom is -0.461 e. The molecule has 0 atom stereocenters. The van der Waals surface area contributed by atoms with Crippen LogP contribution >= 0.6 is 0 Å². The van der Waals surface area contributed by atoms with E-state index in [9.17, 15) is 4.79 Å². The Kier molecular flexibility index (Phi) is 2.75. The van der Waals surface area contributed by atoms with Crippen LogP contribution in [0.4, 0.5) is 0 Å². The van der Waals surface area contributed by atoms with Crippen LogP contribution in [0.2, 0.25) is 0 Å². The van der Waals surface area contributed by atoms with Crippen molar-refractivity contribution >= 4 is 5.97 Å². The van der Waals surface area contributed by atoms with Crippen molar-refractivity contribution in [2.24, 2.45) is 0 Å². The second-order valence-corrected chi connectivity index (χ2v) is 3.79. The van der Waals surface area contributed by atoms with E-state index in [4.69, 9.17) is 4.74 Å². The van der Waals surface area contributed by atoms with Crippen LogP contribution in [0.15, 0.2) is 0 Å². The lowest BCUT2D eigenvalue weighted by molar-refractivity contribution is 0.0518. The molecule has 4 nitrogen and oxygen atoms in total. The van der Waals surface area contributed by atoms with Crippen molar-refractivity contribution < 1.29 is 9.53 Å². The van der Waals surface area contributed by atoms with Crippen LogP contribution in [0, 0.1) is 0 Å². The molecule has 1 fully saturated rings. The summed E-state index contributed by atoms with van der Waals surface area (Å²) < 4.78 is 4.99. The van der Waals surface area contributed by atoms with Crippen LogP contribution in [-0.4, -0.2) is 22.5 Å². The molecular formula is C11H16N2O2. The average Bonchev–Trinajstić information content (AvgIpc) is 2.98. The van der Waals surface area contributed by atoms with Gasteiger partial charge in [-0.15, -0.1) is 0 Å². The zero-order chi connectivity index (χ0) is 10.8. The minimum atomic E-state index is -0.272. The Morgan fingerprint density at radius 2 is 2.27 bits per heavy atom. The number of hydrogen-bond donors (Lipinski definition) is 1. The number of carbonyl (C=O) groups excluding carboxylic acids is 1. The fourth-order valence-corrected chi connectivity index (χ4v) is 1.62. The average molecular weight is 208 g/mol. The third-order valence-corrected chi connectivity index (χ3v) is 2.56. The van der Waals surface area contributed by atoms with Crippen molar-refractivity contribution in [2.45, 2.75) is 39.0 Å². The van der Waals surface area contributed by atoms with Gasteiger partial charge in [-0.25, -0.2) is 9.78 Å². The van der Waals surface area contributed by atoms with E-state index in [1.54, 1.807) is 0 Å². The van der Waals surface area contributed by atoms with Crippen LogP contribution in [0.1, 0.15) is 54.6 Å². The molecule has 1 heterocycles. The summed E-state index contributed by atoms with van der Waals surface area (Å²) in [4.78, 5) is 19.1. The van der Waals surface area contributed by atoms with Crippen LogP contribution in [0.5, 0.6) is 0 Å². The first kappa shape index (κ1) is 10.2. The van der Waals surface area contributed by atoms with Gasteiger partial charge in [0.25, 0.3) is 0 Å². The van der Waals surface area contributed by atoms with Crippen LogP contribution in [0.3, 0.4) is 0 Å². The summed E-state index contributed by atoms with van der Waals surface area (Å²) in [5.41, 5.74) is 1.47. The van der Waals surface area contributed by atoms with E-state index in [2.05, 4.69) is 9.97 Å². The number of aryl methyl sites for hydroxylation is 1. The van der Waals surface area contributed by atoms with E-state index in [0.29, 0.717) is 18.2 Å². The van der Waals surface area contributed by atoms with Gasteiger partial charge in [0.15, 0.2) is 0 Å². The normalized spacial score (nSPS) is 15.3.